The van der Waals surface area contributed by atoms with Gasteiger partial charge in [0.2, 0.25) is 0 Å². The number of H-pyrrole nitrogens is 3. The summed E-state index contributed by atoms with van der Waals surface area (Å²) < 4.78 is 27.9. The minimum absolute atomic E-state index is 0.856. The molecule has 0 aliphatic carbocycles. The Balaban J connectivity index is -0.0000000764. The number of hydrogen-bond acceptors (Lipinski definition) is 22. The second-order valence-corrected chi connectivity index (χ2v) is 19.3. The van der Waals surface area contributed by atoms with Gasteiger partial charge in [0, 0.05) is 124 Å². The Kier molecular flexibility index (Phi) is 147. The van der Waals surface area contributed by atoms with Gasteiger partial charge in [0.1, 0.15) is 29.9 Å². The lowest BCUT2D eigenvalue weighted by molar-refractivity contribution is 0.397. The van der Waals surface area contributed by atoms with Gasteiger partial charge in [0.15, 0.2) is 6.39 Å². The van der Waals surface area contributed by atoms with E-state index in [0.717, 1.165) is 56.4 Å². The highest BCUT2D eigenvalue weighted by Crippen LogP contribution is 2.01. The number of aryl methyl sites for hydroxylation is 13. The summed E-state index contributed by atoms with van der Waals surface area (Å²) in [5.41, 5.74) is 11.3. The molecule has 26 heteroatoms. The highest BCUT2D eigenvalue weighted by molar-refractivity contribution is 7.09. The Morgan fingerprint density at radius 3 is 1.12 bits per heavy atom. The molecule has 0 saturated carbocycles. The zero-order chi connectivity index (χ0) is 83.3. The first-order chi connectivity index (χ1) is 50.6. The highest BCUT2D eigenvalue weighted by atomic mass is 32.1. The highest BCUT2D eigenvalue weighted by Gasteiger charge is 1.83. The van der Waals surface area contributed by atoms with Crippen LogP contribution < -0.4 is 0 Å². The van der Waals surface area contributed by atoms with Crippen LogP contribution >= 0.6 is 57.1 Å². The van der Waals surface area contributed by atoms with Crippen molar-refractivity contribution in [3.63, 3.8) is 0 Å². The van der Waals surface area contributed by atoms with E-state index in [1.165, 1.54) is 39.9 Å². The zero-order valence-electron chi connectivity index (χ0n) is 72.0. The van der Waals surface area contributed by atoms with Crippen LogP contribution in [0, 0.1) is 83.1 Å². The quantitative estimate of drug-likeness (QED) is 0.127. The third kappa shape index (κ3) is 118. The van der Waals surface area contributed by atoms with Crippen molar-refractivity contribution >= 4 is 57.1 Å². The van der Waals surface area contributed by atoms with Crippen LogP contribution in [-0.4, -0.2) is 83.6 Å². The van der Waals surface area contributed by atoms with Gasteiger partial charge in [-0.3, -0.25) is 15.0 Å². The van der Waals surface area contributed by atoms with Gasteiger partial charge in [-0.25, -0.2) is 29.3 Å². The molecule has 13 rings (SSSR count). The summed E-state index contributed by atoms with van der Waals surface area (Å²) in [6, 6.07) is 5.60. The Hall–Kier alpha value is -8.17. The van der Waals surface area contributed by atoms with Gasteiger partial charge < -0.3 is 37.5 Å². The molecule has 598 valence electrons. The molecular weight excluding hydrogens is 1400 g/mol. The first kappa shape index (κ1) is 126. The summed E-state index contributed by atoms with van der Waals surface area (Å²) in [5, 5.41) is 19.5. The van der Waals surface area contributed by atoms with Crippen LogP contribution in [0.25, 0.3) is 0 Å². The fourth-order valence-corrected chi connectivity index (χ4v) is 6.24. The second-order valence-electron chi connectivity index (χ2n) is 15.1. The molecule has 0 spiro atoms. The van der Waals surface area contributed by atoms with E-state index in [0.29, 0.717) is 0 Å². The van der Waals surface area contributed by atoms with Crippen molar-refractivity contribution in [2.24, 2.45) is 7.05 Å². The second kappa shape index (κ2) is 122. The van der Waals surface area contributed by atoms with Crippen molar-refractivity contribution in [1.82, 2.24) is 83.6 Å². The van der Waals surface area contributed by atoms with Crippen LogP contribution in [-0.2, 0) is 7.05 Å². The van der Waals surface area contributed by atoms with E-state index in [-0.39, 0.29) is 0 Å². The number of hydrogen-bond donors (Lipinski definition) is 3. The predicted molar refractivity (Wildman–Crippen MR) is 460 cm³/mol. The molecule has 3 N–H and O–H groups in total. The molecule has 0 unspecified atom stereocenters. The van der Waals surface area contributed by atoms with Gasteiger partial charge in [-0.2, -0.15) is 4.37 Å². The van der Waals surface area contributed by atoms with Crippen molar-refractivity contribution in [3.05, 3.63) is 230 Å². The monoisotopic (exact) mass is 1550 g/mol. The van der Waals surface area contributed by atoms with Crippen LogP contribution in [0.5, 0.6) is 0 Å². The lowest BCUT2D eigenvalue weighted by Crippen LogP contribution is -1.76. The minimum Gasteiger partial charge on any atom is -0.449 e. The molecule has 0 amide bonds. The number of rotatable bonds is 0. The number of imidazole rings is 4. The van der Waals surface area contributed by atoms with E-state index in [9.17, 15) is 0 Å². The van der Waals surface area contributed by atoms with Crippen LogP contribution in [0.4, 0.5) is 0 Å². The summed E-state index contributed by atoms with van der Waals surface area (Å²) in [6.45, 7) is 75.4. The van der Waals surface area contributed by atoms with Crippen molar-refractivity contribution in [2.45, 2.75) is 263 Å². The molecule has 0 aliphatic rings. The van der Waals surface area contributed by atoms with Gasteiger partial charge in [-0.05, 0) is 118 Å². The first-order valence-corrected chi connectivity index (χ1v) is 40.5. The van der Waals surface area contributed by atoms with Crippen molar-refractivity contribution in [3.8, 4) is 0 Å². The fraction of sp³-hybridized carbons (Fsp3) is 0.500. The summed E-state index contributed by atoms with van der Waals surface area (Å²) in [5.74, 6) is 2.68. The Labute approximate surface area is 654 Å². The maximum absolute atomic E-state index is 4.72. The van der Waals surface area contributed by atoms with E-state index in [4.69, 9.17) is 4.42 Å². The van der Waals surface area contributed by atoms with Gasteiger partial charge in [0.25, 0.3) is 0 Å². The standard InChI is InChI=1S/4C4H6N2.4C4H5NO.5C4H5NS.13C2H6/c2*1-4-2-5-3-6-4;1-6-3-2-5-4-6;1-4-5-2-3-6-4;1-4-2-5-3-6-4;1-4-2-5-6-3-4;1-4-2-3-6-5-4;1-4-2-3-5-6-4;1-4-2-6-3-5-4;1-4-2-5-3-6-4;1-4-2-5-6-3-4;1-4-5-2-3-6-4;1-4-2-3-6-5-4;13*1-2/h2*2-3H,1H3,(H,5,6);2-4H,1H3;2-3H,1H3,(H,5,6);9*2-3H,1H3;13*1-2H3. The number of nitrogens with zero attached hydrogens (tertiary/aromatic N) is 14. The van der Waals surface area contributed by atoms with E-state index in [1.807, 2.05) is 332 Å². The van der Waals surface area contributed by atoms with Crippen LogP contribution in [0.15, 0.2) is 181 Å². The van der Waals surface area contributed by atoms with Gasteiger partial charge >= 0.3 is 0 Å². The summed E-state index contributed by atoms with van der Waals surface area (Å²) in [7, 11) is 1.94. The number of aromatic amines is 3. The van der Waals surface area contributed by atoms with Gasteiger partial charge in [-0.15, -0.1) is 34.0 Å². The number of aromatic nitrogens is 17. The van der Waals surface area contributed by atoms with E-state index < -0.39 is 0 Å². The minimum atomic E-state index is 0.856. The predicted octanol–water partition coefficient (Wildman–Crippen LogP) is 27.1. The molecule has 0 radical (unpaired) electrons. The molecule has 0 aliphatic heterocycles. The maximum Gasteiger partial charge on any atom is 0.180 e. The number of thiazole rings is 3. The van der Waals surface area contributed by atoms with Gasteiger partial charge in [-0.1, -0.05) is 195 Å². The van der Waals surface area contributed by atoms with Crippen molar-refractivity contribution in [2.75, 3.05) is 0 Å². The van der Waals surface area contributed by atoms with Crippen LogP contribution in [0.2, 0.25) is 0 Å². The number of nitrogens with one attached hydrogen (secondary N) is 3. The SMILES string of the molecule is CC.CC.CC.CC.CC.CC.CC.CC.CC.CC.CC.CC.CC.Cc1ccno1.Cc1ccon1.Cc1ccsn1.Cc1cnc[nH]1.Cc1cnc[nH]1.Cc1cnco1.Cc1cncs1.Cc1cnoc1.Cc1cnsc1.Cc1cscn1.Cc1ncc[nH]1.Cc1nccs1.Cn1ccnc1. The Bertz CT molecular complexity index is 2240. The molecule has 13 aromatic heterocycles. The largest absolute Gasteiger partial charge is 0.449 e. The van der Waals surface area contributed by atoms with Crippen LogP contribution in [0.1, 0.15) is 247 Å². The molecule has 0 atom stereocenters. The molecule has 13 heterocycles. The lowest BCUT2D eigenvalue weighted by atomic mass is 10.4. The summed E-state index contributed by atoms with van der Waals surface area (Å²) in [4.78, 5) is 40.5. The summed E-state index contributed by atoms with van der Waals surface area (Å²) >= 11 is 7.94. The molecule has 21 nitrogen and oxygen atoms in total. The van der Waals surface area contributed by atoms with Gasteiger partial charge in [0.05, 0.1) is 65.0 Å². The molecule has 104 heavy (non-hydrogen) atoms. The molecular formula is C78H147N17O4S5. The summed E-state index contributed by atoms with van der Waals surface area (Å²) in [6.07, 6.45) is 30.8. The smallest absolute Gasteiger partial charge is 0.180 e. The maximum atomic E-state index is 4.72. The van der Waals surface area contributed by atoms with Crippen LogP contribution in [0.3, 0.4) is 0 Å². The first-order valence-electron chi connectivity index (χ1n) is 36.1. The molecule has 0 aromatic carbocycles. The van der Waals surface area contributed by atoms with E-state index >= 15 is 0 Å². The average Bonchev–Trinajstić information content (AvgIpc) is 4.52. The van der Waals surface area contributed by atoms with Crippen molar-refractivity contribution < 1.29 is 18.0 Å². The van der Waals surface area contributed by atoms with E-state index in [1.54, 1.807) is 133 Å². The number of oxazole rings is 1. The Morgan fingerprint density at radius 2 is 1.01 bits per heavy atom. The average molecular weight is 1550 g/mol. The lowest BCUT2D eigenvalue weighted by Gasteiger charge is -1.76. The molecule has 0 fully saturated rings. The van der Waals surface area contributed by atoms with Crippen molar-refractivity contribution in [1.29, 1.82) is 0 Å². The fourth-order valence-electron chi connectivity index (χ4n) is 3.79. The topological polar surface area (TPSA) is 272 Å². The Morgan fingerprint density at radius 1 is 0.433 bits per heavy atom. The molecule has 13 aromatic rings. The zero-order valence-corrected chi connectivity index (χ0v) is 76.1. The molecule has 0 saturated heterocycles. The van der Waals surface area contributed by atoms with E-state index in [2.05, 4.69) is 92.6 Å². The third-order valence-corrected chi connectivity index (χ3v) is 11.0. The third-order valence-electron chi connectivity index (χ3n) is 7.58. The normalized spacial score (nSPS) is 7.38. The molecule has 0 bridgehead atoms.